The zero-order chi connectivity index (χ0) is 14.7. The van der Waals surface area contributed by atoms with E-state index in [-0.39, 0.29) is 22.5 Å². The van der Waals surface area contributed by atoms with E-state index >= 15 is 0 Å². The Hall–Kier alpha value is -1.14. The fraction of sp³-hybridized carbons (Fsp3) is 0.500. The van der Waals surface area contributed by atoms with E-state index in [4.69, 9.17) is 0 Å². The van der Waals surface area contributed by atoms with E-state index in [9.17, 15) is 18.7 Å². The first kappa shape index (κ1) is 15.3. The maximum atomic E-state index is 13.4. The zero-order valence-corrected chi connectivity index (χ0v) is 12.0. The summed E-state index contributed by atoms with van der Waals surface area (Å²) in [7, 11) is 0. The molecular weight excluding hydrogens is 284 g/mol. The lowest BCUT2D eigenvalue weighted by Crippen LogP contribution is -2.31. The van der Waals surface area contributed by atoms with Crippen molar-refractivity contribution in [3.63, 3.8) is 0 Å². The van der Waals surface area contributed by atoms with Crippen molar-refractivity contribution in [2.45, 2.75) is 24.3 Å². The minimum atomic E-state index is -0.647. The van der Waals surface area contributed by atoms with Crippen LogP contribution in [-0.2, 0) is 4.79 Å². The summed E-state index contributed by atoms with van der Waals surface area (Å²) in [4.78, 5) is 13.9. The van der Waals surface area contributed by atoms with E-state index in [1.54, 1.807) is 11.8 Å². The Bertz CT molecular complexity index is 496. The van der Waals surface area contributed by atoms with Crippen LogP contribution in [0.15, 0.2) is 23.1 Å². The lowest BCUT2D eigenvalue weighted by molar-refractivity contribution is -0.127. The minimum absolute atomic E-state index is 0.0816. The first-order valence-corrected chi connectivity index (χ1v) is 7.49. The van der Waals surface area contributed by atoms with Crippen LogP contribution in [-0.4, -0.2) is 40.9 Å². The molecule has 0 radical (unpaired) electrons. The number of nitrogens with zero attached hydrogens (tertiary/aromatic N) is 1. The second kappa shape index (κ2) is 6.54. The Labute approximate surface area is 121 Å². The smallest absolute Gasteiger partial charge is 0.232 e. The average Bonchev–Trinajstić information content (AvgIpc) is 2.87. The normalized spacial score (nSPS) is 20.2. The topological polar surface area (TPSA) is 40.5 Å². The number of aliphatic hydroxyl groups is 1. The lowest BCUT2D eigenvalue weighted by Gasteiger charge is -2.17. The molecule has 1 aliphatic rings. The van der Waals surface area contributed by atoms with Crippen molar-refractivity contribution in [2.24, 2.45) is 5.92 Å². The van der Waals surface area contributed by atoms with Gasteiger partial charge in [-0.1, -0.05) is 0 Å². The van der Waals surface area contributed by atoms with Gasteiger partial charge in [0.1, 0.15) is 11.6 Å². The molecule has 0 aliphatic carbocycles. The number of hydrogen-bond donors (Lipinski definition) is 1. The van der Waals surface area contributed by atoms with E-state index in [0.29, 0.717) is 13.1 Å². The summed E-state index contributed by atoms with van der Waals surface area (Å²) in [5.41, 5.74) is 0. The summed E-state index contributed by atoms with van der Waals surface area (Å²) in [5.74, 6) is -1.12. The third-order valence-electron chi connectivity index (χ3n) is 3.50. The van der Waals surface area contributed by atoms with Gasteiger partial charge in [-0.25, -0.2) is 8.78 Å². The molecule has 0 saturated carbocycles. The number of aliphatic hydroxyl groups excluding tert-OH is 1. The number of amides is 1. The number of halogens is 2. The van der Waals surface area contributed by atoms with Crippen LogP contribution >= 0.6 is 11.8 Å². The molecule has 1 N–H and O–H groups in total. The predicted molar refractivity (Wildman–Crippen MR) is 73.4 cm³/mol. The van der Waals surface area contributed by atoms with E-state index in [1.165, 1.54) is 12.1 Å². The SMILES string of the molecule is CC(O)C1CCN(C(=O)CSc2ccc(F)cc2F)C1. The number of hydrogen-bond acceptors (Lipinski definition) is 3. The van der Waals surface area contributed by atoms with Crippen LogP contribution in [0.4, 0.5) is 8.78 Å². The number of carbonyl (C=O) groups excluding carboxylic acids is 1. The summed E-state index contributed by atoms with van der Waals surface area (Å²) in [6, 6.07) is 3.33. The average molecular weight is 301 g/mol. The Balaban J connectivity index is 1.86. The van der Waals surface area contributed by atoms with E-state index in [0.717, 1.165) is 24.2 Å². The zero-order valence-electron chi connectivity index (χ0n) is 11.2. The molecule has 3 nitrogen and oxygen atoms in total. The van der Waals surface area contributed by atoms with Crippen molar-refractivity contribution in [3.8, 4) is 0 Å². The predicted octanol–water partition coefficient (Wildman–Crippen LogP) is 2.29. The molecule has 110 valence electrons. The van der Waals surface area contributed by atoms with E-state index in [2.05, 4.69) is 0 Å². The van der Waals surface area contributed by atoms with Gasteiger partial charge in [-0.3, -0.25) is 4.79 Å². The van der Waals surface area contributed by atoms with Gasteiger partial charge in [0.2, 0.25) is 5.91 Å². The van der Waals surface area contributed by atoms with Crippen LogP contribution in [0.2, 0.25) is 0 Å². The first-order valence-electron chi connectivity index (χ1n) is 6.51. The first-order chi connectivity index (χ1) is 9.47. The highest BCUT2D eigenvalue weighted by Gasteiger charge is 2.28. The second-order valence-electron chi connectivity index (χ2n) is 4.99. The molecule has 1 saturated heterocycles. The third-order valence-corrected chi connectivity index (χ3v) is 4.54. The molecule has 1 aliphatic heterocycles. The maximum absolute atomic E-state index is 13.4. The van der Waals surface area contributed by atoms with Crippen LogP contribution in [0, 0.1) is 17.6 Å². The monoisotopic (exact) mass is 301 g/mol. The van der Waals surface area contributed by atoms with Gasteiger partial charge in [0.25, 0.3) is 0 Å². The fourth-order valence-corrected chi connectivity index (χ4v) is 3.05. The standard InChI is InChI=1S/C14H17F2NO2S/c1-9(18)10-4-5-17(7-10)14(19)8-20-13-3-2-11(15)6-12(13)16/h2-3,6,9-10,18H,4-5,7-8H2,1H3. The van der Waals surface area contributed by atoms with Gasteiger partial charge in [0.15, 0.2) is 0 Å². The van der Waals surface area contributed by atoms with Crippen molar-refractivity contribution in [2.75, 3.05) is 18.8 Å². The van der Waals surface area contributed by atoms with Gasteiger partial charge in [-0.05, 0) is 25.5 Å². The Morgan fingerprint density at radius 2 is 2.30 bits per heavy atom. The summed E-state index contributed by atoms with van der Waals surface area (Å²) < 4.78 is 26.2. The summed E-state index contributed by atoms with van der Waals surface area (Å²) in [6.45, 7) is 2.89. The number of benzene rings is 1. The Morgan fingerprint density at radius 3 is 2.90 bits per heavy atom. The molecule has 20 heavy (non-hydrogen) atoms. The highest BCUT2D eigenvalue weighted by atomic mass is 32.2. The molecule has 0 aromatic heterocycles. The molecule has 1 aromatic rings. The highest BCUT2D eigenvalue weighted by molar-refractivity contribution is 8.00. The number of thioether (sulfide) groups is 1. The minimum Gasteiger partial charge on any atom is -0.393 e. The third kappa shape index (κ3) is 3.70. The molecule has 2 unspecified atom stereocenters. The lowest BCUT2D eigenvalue weighted by atomic mass is 10.0. The van der Waals surface area contributed by atoms with Crippen molar-refractivity contribution < 1.29 is 18.7 Å². The molecule has 2 atom stereocenters. The van der Waals surface area contributed by atoms with E-state index < -0.39 is 17.7 Å². The molecule has 1 fully saturated rings. The van der Waals surface area contributed by atoms with Crippen LogP contribution in [0.5, 0.6) is 0 Å². The molecule has 0 spiro atoms. The molecule has 1 heterocycles. The molecular formula is C14H17F2NO2S. The number of rotatable bonds is 4. The van der Waals surface area contributed by atoms with Gasteiger partial charge in [-0.15, -0.1) is 11.8 Å². The molecule has 0 bridgehead atoms. The number of carbonyl (C=O) groups is 1. The van der Waals surface area contributed by atoms with Crippen LogP contribution < -0.4 is 0 Å². The molecule has 1 amide bonds. The van der Waals surface area contributed by atoms with Gasteiger partial charge >= 0.3 is 0 Å². The van der Waals surface area contributed by atoms with Gasteiger partial charge < -0.3 is 10.0 Å². The fourth-order valence-electron chi connectivity index (χ4n) is 2.23. The maximum Gasteiger partial charge on any atom is 0.232 e. The Morgan fingerprint density at radius 1 is 1.55 bits per heavy atom. The molecule has 1 aromatic carbocycles. The summed E-state index contributed by atoms with van der Waals surface area (Å²) in [6.07, 6.45) is 0.369. The van der Waals surface area contributed by atoms with Crippen LogP contribution in [0.25, 0.3) is 0 Å². The van der Waals surface area contributed by atoms with Crippen molar-refractivity contribution >= 4 is 17.7 Å². The molecule has 2 rings (SSSR count). The summed E-state index contributed by atoms with van der Waals surface area (Å²) in [5, 5.41) is 9.49. The van der Waals surface area contributed by atoms with Crippen LogP contribution in [0.3, 0.4) is 0 Å². The Kier molecular flexibility index (Phi) is 4.99. The van der Waals surface area contributed by atoms with Crippen molar-refractivity contribution in [3.05, 3.63) is 29.8 Å². The van der Waals surface area contributed by atoms with Gasteiger partial charge in [0.05, 0.1) is 11.9 Å². The van der Waals surface area contributed by atoms with Gasteiger partial charge in [0, 0.05) is 30.0 Å². The van der Waals surface area contributed by atoms with Crippen molar-refractivity contribution in [1.82, 2.24) is 4.90 Å². The van der Waals surface area contributed by atoms with Crippen molar-refractivity contribution in [1.29, 1.82) is 0 Å². The van der Waals surface area contributed by atoms with Crippen LogP contribution in [0.1, 0.15) is 13.3 Å². The highest BCUT2D eigenvalue weighted by Crippen LogP contribution is 2.25. The number of likely N-dealkylation sites (tertiary alicyclic amines) is 1. The van der Waals surface area contributed by atoms with Gasteiger partial charge in [-0.2, -0.15) is 0 Å². The van der Waals surface area contributed by atoms with E-state index in [1.807, 2.05) is 0 Å². The quantitative estimate of drug-likeness (QED) is 0.868. The second-order valence-corrected chi connectivity index (χ2v) is 6.01. The largest absolute Gasteiger partial charge is 0.393 e. The summed E-state index contributed by atoms with van der Waals surface area (Å²) >= 11 is 1.06. The molecule has 6 heteroatoms.